The molecule has 38 heavy (non-hydrogen) atoms. The molecule has 3 aromatic rings. The van der Waals surface area contributed by atoms with Gasteiger partial charge >= 0.3 is 6.09 Å². The number of hydrogen-bond acceptors (Lipinski definition) is 9. The number of fused-ring (bicyclic) bond motifs is 1. The first-order valence-corrected chi connectivity index (χ1v) is 13.1. The Morgan fingerprint density at radius 3 is 2.97 bits per heavy atom. The van der Waals surface area contributed by atoms with E-state index in [2.05, 4.69) is 30.7 Å². The summed E-state index contributed by atoms with van der Waals surface area (Å²) in [5.74, 6) is 1.72. The monoisotopic (exact) mass is 526 g/mol. The first kappa shape index (κ1) is 23.8. The number of carbonyl (C=O) groups excluding carboxylic acids is 1. The van der Waals surface area contributed by atoms with E-state index >= 15 is 4.39 Å². The number of alkyl halides is 1. The van der Waals surface area contributed by atoms with Crippen LogP contribution in [0.15, 0.2) is 24.5 Å². The molecular formula is C25H31FN8O4. The fourth-order valence-electron chi connectivity index (χ4n) is 6.04. The van der Waals surface area contributed by atoms with Gasteiger partial charge in [-0.25, -0.2) is 19.2 Å². The Morgan fingerprint density at radius 2 is 2.24 bits per heavy atom. The molecule has 3 aliphatic carbocycles. The molecule has 5 heterocycles. The first-order chi connectivity index (χ1) is 18.5. The van der Waals surface area contributed by atoms with Gasteiger partial charge in [0.2, 0.25) is 5.95 Å². The van der Waals surface area contributed by atoms with Crippen LogP contribution in [0.3, 0.4) is 0 Å². The number of aromatic amines is 1. The molecule has 0 spiro atoms. The highest BCUT2D eigenvalue weighted by Gasteiger charge is 2.58. The number of ether oxygens (including phenoxy) is 3. The first-order valence-electron chi connectivity index (χ1n) is 13.1. The van der Waals surface area contributed by atoms with E-state index in [1.165, 1.54) is 0 Å². The Hall–Kier alpha value is -3.29. The summed E-state index contributed by atoms with van der Waals surface area (Å²) < 4.78 is 33.3. The summed E-state index contributed by atoms with van der Waals surface area (Å²) >= 11 is 0. The van der Waals surface area contributed by atoms with Gasteiger partial charge in [0, 0.05) is 50.2 Å². The van der Waals surface area contributed by atoms with Crippen LogP contribution in [0.1, 0.15) is 43.2 Å². The van der Waals surface area contributed by atoms with E-state index in [1.807, 2.05) is 16.7 Å². The maximum absolute atomic E-state index is 15.2. The van der Waals surface area contributed by atoms with Crippen LogP contribution in [-0.4, -0.2) is 86.3 Å². The van der Waals surface area contributed by atoms with Gasteiger partial charge in [0.15, 0.2) is 18.1 Å². The Balaban J connectivity index is 0.989. The number of nitrogens with zero attached hydrogens (tertiary/aromatic N) is 5. The number of imidazole rings is 1. The lowest BCUT2D eigenvalue weighted by atomic mass is 9.50. The smallest absolute Gasteiger partial charge is 0.408 e. The zero-order valence-electron chi connectivity index (χ0n) is 21.1. The Morgan fingerprint density at radius 1 is 1.37 bits per heavy atom. The van der Waals surface area contributed by atoms with Crippen molar-refractivity contribution in [1.29, 1.82) is 0 Å². The van der Waals surface area contributed by atoms with Crippen molar-refractivity contribution in [2.24, 2.45) is 5.92 Å². The summed E-state index contributed by atoms with van der Waals surface area (Å²) in [6.07, 6.45) is 3.77. The van der Waals surface area contributed by atoms with Crippen molar-refractivity contribution in [1.82, 2.24) is 34.8 Å². The fourth-order valence-corrected chi connectivity index (χ4v) is 6.04. The number of H-pyrrole nitrogens is 1. The van der Waals surface area contributed by atoms with E-state index in [9.17, 15) is 4.79 Å². The molecule has 202 valence electrons. The second-order valence-corrected chi connectivity index (χ2v) is 11.0. The zero-order valence-corrected chi connectivity index (χ0v) is 21.1. The van der Waals surface area contributed by atoms with Gasteiger partial charge in [-0.3, -0.25) is 14.4 Å². The van der Waals surface area contributed by atoms with Gasteiger partial charge in [0.1, 0.15) is 11.8 Å². The number of likely N-dealkylation sites (tertiary alicyclic amines) is 1. The number of aromatic nitrogens is 5. The van der Waals surface area contributed by atoms with Gasteiger partial charge in [-0.15, -0.1) is 0 Å². The van der Waals surface area contributed by atoms with Crippen molar-refractivity contribution in [3.05, 3.63) is 35.9 Å². The van der Waals surface area contributed by atoms with Gasteiger partial charge in [0.05, 0.1) is 24.6 Å². The molecule has 2 aliphatic heterocycles. The van der Waals surface area contributed by atoms with E-state index in [4.69, 9.17) is 19.2 Å². The van der Waals surface area contributed by atoms with E-state index in [0.29, 0.717) is 23.5 Å². The molecule has 3 N–H and O–H groups in total. The van der Waals surface area contributed by atoms with Crippen LogP contribution in [0.4, 0.5) is 21.0 Å². The SMILES string of the molecule is COCC1CCN1Cc1cn2c(Nc3cc([C@@H]4OC[C@H](OC(=O)NC56CC(C5)C6)[C@H]4F)[nH]n3)nccc2n1. The molecule has 8 rings (SSSR count). The number of halogens is 1. The number of hydrogen-bond donors (Lipinski definition) is 3. The highest BCUT2D eigenvalue weighted by Crippen LogP contribution is 2.57. The predicted molar refractivity (Wildman–Crippen MR) is 133 cm³/mol. The fraction of sp³-hybridized carbons (Fsp3) is 0.600. The number of amides is 1. The second kappa shape index (κ2) is 9.17. The topological polar surface area (TPSA) is 131 Å². The molecular weight excluding hydrogens is 495 g/mol. The molecule has 12 nitrogen and oxygen atoms in total. The zero-order chi connectivity index (χ0) is 25.9. The summed E-state index contributed by atoms with van der Waals surface area (Å²) in [7, 11) is 1.72. The summed E-state index contributed by atoms with van der Waals surface area (Å²) in [5.41, 5.74) is 2.03. The lowest BCUT2D eigenvalue weighted by Gasteiger charge is -2.61. The molecule has 4 atom stereocenters. The average Bonchev–Trinajstić information content (AvgIpc) is 3.56. The Kier molecular flexibility index (Phi) is 5.74. The third-order valence-corrected chi connectivity index (χ3v) is 8.31. The standard InChI is InChI=1S/C25H31FN8O4/c1-36-12-16-3-5-33(16)10-15-11-34-20(28-15)2-4-27-23(34)29-19-6-17(31-32-19)22-21(26)18(13-37-22)38-24(35)30-25-7-14(8-25)9-25/h2,4,6,11,14,16,18,21-22H,3,5,7-10,12-13H2,1H3,(H,30,35)(H2,27,29,31,32)/t14?,16?,18-,21+,22-,25?/m0/s1. The summed E-state index contributed by atoms with van der Waals surface area (Å²) in [4.78, 5) is 23.8. The maximum atomic E-state index is 15.2. The number of anilines is 2. The van der Waals surface area contributed by atoms with E-state index in [0.717, 1.165) is 62.6 Å². The van der Waals surface area contributed by atoms with Crippen molar-refractivity contribution >= 4 is 23.5 Å². The molecule has 13 heteroatoms. The Bertz CT molecular complexity index is 1330. The van der Waals surface area contributed by atoms with Gasteiger partial charge < -0.3 is 24.8 Å². The number of rotatable bonds is 9. The number of methoxy groups -OCH3 is 1. The molecule has 0 aromatic carbocycles. The minimum Gasteiger partial charge on any atom is -0.441 e. The largest absolute Gasteiger partial charge is 0.441 e. The molecule has 3 saturated carbocycles. The molecule has 1 amide bonds. The number of nitrogens with one attached hydrogen (secondary N) is 3. The van der Waals surface area contributed by atoms with Gasteiger partial charge in [0.25, 0.3) is 0 Å². The third kappa shape index (κ3) is 4.18. The van der Waals surface area contributed by atoms with Gasteiger partial charge in [-0.05, 0) is 37.7 Å². The van der Waals surface area contributed by atoms with Crippen molar-refractivity contribution in [3.63, 3.8) is 0 Å². The summed E-state index contributed by atoms with van der Waals surface area (Å²) in [6.45, 7) is 2.46. The van der Waals surface area contributed by atoms with Crippen molar-refractivity contribution in [2.75, 3.05) is 32.2 Å². The predicted octanol–water partition coefficient (Wildman–Crippen LogP) is 2.47. The lowest BCUT2D eigenvalue weighted by molar-refractivity contribution is -0.0528. The highest BCUT2D eigenvalue weighted by molar-refractivity contribution is 5.69. The van der Waals surface area contributed by atoms with Crippen LogP contribution in [0.5, 0.6) is 0 Å². The maximum Gasteiger partial charge on any atom is 0.408 e. The second-order valence-electron chi connectivity index (χ2n) is 11.0. The van der Waals surface area contributed by atoms with Crippen LogP contribution in [0.2, 0.25) is 0 Å². The lowest BCUT2D eigenvalue weighted by Crippen LogP contribution is -2.68. The van der Waals surface area contributed by atoms with Crippen LogP contribution in [-0.2, 0) is 20.8 Å². The normalized spacial score (nSPS) is 31.9. The molecule has 5 aliphatic rings. The Labute approximate surface area is 218 Å². The molecule has 1 unspecified atom stereocenters. The molecule has 5 fully saturated rings. The van der Waals surface area contributed by atoms with Crippen LogP contribution < -0.4 is 10.6 Å². The molecule has 2 saturated heterocycles. The van der Waals surface area contributed by atoms with Gasteiger partial charge in [-0.2, -0.15) is 5.10 Å². The van der Waals surface area contributed by atoms with Crippen LogP contribution in [0, 0.1) is 5.92 Å². The van der Waals surface area contributed by atoms with E-state index in [-0.39, 0.29) is 12.1 Å². The minimum atomic E-state index is -1.51. The van der Waals surface area contributed by atoms with Crippen molar-refractivity contribution < 1.29 is 23.4 Å². The van der Waals surface area contributed by atoms with Crippen LogP contribution in [0.25, 0.3) is 5.65 Å². The summed E-state index contributed by atoms with van der Waals surface area (Å²) in [5, 5.41) is 13.2. The van der Waals surface area contributed by atoms with E-state index < -0.39 is 24.5 Å². The average molecular weight is 527 g/mol. The van der Waals surface area contributed by atoms with Gasteiger partial charge in [-0.1, -0.05) is 0 Å². The molecule has 3 aromatic heterocycles. The number of alkyl carbamates (subject to hydrolysis) is 1. The summed E-state index contributed by atoms with van der Waals surface area (Å²) in [6, 6.07) is 3.94. The number of carbonyl (C=O) groups is 1. The highest BCUT2D eigenvalue weighted by atomic mass is 19.1. The molecule has 2 bridgehead atoms. The third-order valence-electron chi connectivity index (χ3n) is 8.31. The minimum absolute atomic E-state index is 0.0163. The van der Waals surface area contributed by atoms with Crippen molar-refractivity contribution in [3.8, 4) is 0 Å². The molecule has 0 radical (unpaired) electrons. The van der Waals surface area contributed by atoms with E-state index in [1.54, 1.807) is 19.4 Å². The van der Waals surface area contributed by atoms with Crippen LogP contribution >= 0.6 is 0 Å². The van der Waals surface area contributed by atoms with Crippen molar-refractivity contribution in [2.45, 2.75) is 62.2 Å². The quantitative estimate of drug-likeness (QED) is 0.385.